The molecule has 1 aromatic heterocycles. The predicted octanol–water partition coefficient (Wildman–Crippen LogP) is 12.1. The molecule has 0 aliphatic carbocycles. The lowest BCUT2D eigenvalue weighted by molar-refractivity contribution is 1.10. The average Bonchev–Trinajstić information content (AvgIpc) is 3.53. The van der Waals surface area contributed by atoms with Gasteiger partial charge in [-0.1, -0.05) is 140 Å². The molecule has 0 radical (unpaired) electrons. The number of aromatic nitrogens is 2. The number of nitrogens with zero attached hydrogens (tertiary/aromatic N) is 2. The standard InChI is InChI=1S/C45H28N2/c1-2-11-38(12-3-1)47-42-26-23-37(39-24-21-33-17-16-31-9-6-10-32-22-25-40(39)44(33)43(31)32)28-41(42)46-45(47)34-18-13-30(14-19-34)36-20-15-29-7-4-5-8-35(29)27-36/h1-28H. The summed E-state index contributed by atoms with van der Waals surface area (Å²) in [5.41, 5.74) is 9.05. The van der Waals surface area contributed by atoms with Gasteiger partial charge in [0.2, 0.25) is 0 Å². The fourth-order valence-electron chi connectivity index (χ4n) is 7.45. The maximum absolute atomic E-state index is 5.31. The zero-order valence-corrected chi connectivity index (χ0v) is 25.6. The highest BCUT2D eigenvalue weighted by atomic mass is 15.1. The topological polar surface area (TPSA) is 17.8 Å². The van der Waals surface area contributed by atoms with E-state index < -0.39 is 0 Å². The van der Waals surface area contributed by atoms with Crippen molar-refractivity contribution in [2.45, 2.75) is 0 Å². The van der Waals surface area contributed by atoms with Gasteiger partial charge in [0.1, 0.15) is 5.82 Å². The lowest BCUT2D eigenvalue weighted by Gasteiger charge is -2.14. The van der Waals surface area contributed by atoms with Gasteiger partial charge >= 0.3 is 0 Å². The molecular formula is C45H28N2. The lowest BCUT2D eigenvalue weighted by Crippen LogP contribution is -1.97. The first kappa shape index (κ1) is 26.0. The second-order valence-electron chi connectivity index (χ2n) is 12.4. The van der Waals surface area contributed by atoms with Crippen LogP contribution in [0, 0.1) is 0 Å². The summed E-state index contributed by atoms with van der Waals surface area (Å²) in [5.74, 6) is 0.934. The maximum Gasteiger partial charge on any atom is 0.145 e. The summed E-state index contributed by atoms with van der Waals surface area (Å²) in [7, 11) is 0. The Labute approximate surface area is 272 Å². The van der Waals surface area contributed by atoms with Crippen LogP contribution >= 0.6 is 0 Å². The zero-order valence-electron chi connectivity index (χ0n) is 25.6. The Balaban J connectivity index is 1.13. The Bertz CT molecular complexity index is 2760. The number of benzene rings is 9. The van der Waals surface area contributed by atoms with Crippen LogP contribution in [0.15, 0.2) is 170 Å². The molecule has 10 aromatic rings. The molecule has 0 saturated carbocycles. The van der Waals surface area contributed by atoms with E-state index in [2.05, 4.69) is 174 Å². The van der Waals surface area contributed by atoms with Crippen LogP contribution in [0.3, 0.4) is 0 Å². The molecule has 2 heteroatoms. The fourth-order valence-corrected chi connectivity index (χ4v) is 7.45. The molecule has 0 amide bonds. The van der Waals surface area contributed by atoms with Crippen LogP contribution in [0.25, 0.3) is 93.5 Å². The minimum absolute atomic E-state index is 0.934. The fraction of sp³-hybridized carbons (Fsp3) is 0. The Morgan fingerprint density at radius 3 is 1.83 bits per heavy atom. The number of fused-ring (bicyclic) bond motifs is 2. The lowest BCUT2D eigenvalue weighted by atomic mass is 9.90. The van der Waals surface area contributed by atoms with E-state index in [1.165, 1.54) is 65.3 Å². The smallest absolute Gasteiger partial charge is 0.145 e. The van der Waals surface area contributed by atoms with E-state index in [0.29, 0.717) is 0 Å². The Kier molecular flexibility index (Phi) is 5.61. The van der Waals surface area contributed by atoms with Crippen molar-refractivity contribution in [2.75, 3.05) is 0 Å². The Hall–Kier alpha value is -6.25. The van der Waals surface area contributed by atoms with E-state index in [-0.39, 0.29) is 0 Å². The van der Waals surface area contributed by atoms with Crippen LogP contribution in [0.5, 0.6) is 0 Å². The number of imidazole rings is 1. The van der Waals surface area contributed by atoms with E-state index in [9.17, 15) is 0 Å². The molecule has 9 aromatic carbocycles. The first-order chi connectivity index (χ1) is 23.3. The molecule has 0 saturated heterocycles. The molecule has 1 heterocycles. The predicted molar refractivity (Wildman–Crippen MR) is 199 cm³/mol. The third-order valence-electron chi connectivity index (χ3n) is 9.73. The van der Waals surface area contributed by atoms with Gasteiger partial charge in [0.05, 0.1) is 11.0 Å². The van der Waals surface area contributed by atoms with Crippen molar-refractivity contribution >= 4 is 54.1 Å². The normalized spacial score (nSPS) is 11.8. The van der Waals surface area contributed by atoms with Gasteiger partial charge < -0.3 is 0 Å². The van der Waals surface area contributed by atoms with Crippen LogP contribution in [-0.2, 0) is 0 Å². The third-order valence-corrected chi connectivity index (χ3v) is 9.73. The highest BCUT2D eigenvalue weighted by Gasteiger charge is 2.17. The van der Waals surface area contributed by atoms with Crippen molar-refractivity contribution in [3.63, 3.8) is 0 Å². The second kappa shape index (κ2) is 10.1. The molecule has 47 heavy (non-hydrogen) atoms. The van der Waals surface area contributed by atoms with Gasteiger partial charge in [0, 0.05) is 11.3 Å². The minimum Gasteiger partial charge on any atom is -0.292 e. The second-order valence-corrected chi connectivity index (χ2v) is 12.4. The molecular weight excluding hydrogens is 569 g/mol. The first-order valence-electron chi connectivity index (χ1n) is 16.1. The summed E-state index contributed by atoms with van der Waals surface area (Å²) >= 11 is 0. The summed E-state index contributed by atoms with van der Waals surface area (Å²) in [6.45, 7) is 0. The van der Waals surface area contributed by atoms with Gasteiger partial charge in [0.25, 0.3) is 0 Å². The van der Waals surface area contributed by atoms with Crippen LogP contribution in [0.4, 0.5) is 0 Å². The van der Waals surface area contributed by atoms with Gasteiger partial charge in [-0.25, -0.2) is 4.98 Å². The summed E-state index contributed by atoms with van der Waals surface area (Å²) in [4.78, 5) is 5.31. The van der Waals surface area contributed by atoms with Crippen molar-refractivity contribution in [3.05, 3.63) is 170 Å². The van der Waals surface area contributed by atoms with E-state index in [1.807, 2.05) is 0 Å². The van der Waals surface area contributed by atoms with Gasteiger partial charge in [-0.05, 0) is 95.7 Å². The zero-order chi connectivity index (χ0) is 30.9. The van der Waals surface area contributed by atoms with Gasteiger partial charge in [-0.3, -0.25) is 4.57 Å². The van der Waals surface area contributed by atoms with Crippen molar-refractivity contribution in [1.29, 1.82) is 0 Å². The summed E-state index contributed by atoms with van der Waals surface area (Å²) in [6, 6.07) is 61.4. The SMILES string of the molecule is c1ccc(-n2c(-c3ccc(-c4ccc5ccccc5c4)cc3)nc3cc(-c4ccc5ccc6cccc7ccc4c5c67)ccc32)cc1. The van der Waals surface area contributed by atoms with Crippen LogP contribution < -0.4 is 0 Å². The minimum atomic E-state index is 0.934. The van der Waals surface area contributed by atoms with Crippen molar-refractivity contribution < 1.29 is 0 Å². The number of hydrogen-bond donors (Lipinski definition) is 0. The number of hydrogen-bond acceptors (Lipinski definition) is 1. The quantitative estimate of drug-likeness (QED) is 0.185. The van der Waals surface area contributed by atoms with Crippen LogP contribution in [0.2, 0.25) is 0 Å². The highest BCUT2D eigenvalue weighted by Crippen LogP contribution is 2.40. The molecule has 0 aliphatic heterocycles. The highest BCUT2D eigenvalue weighted by molar-refractivity contribution is 6.25. The van der Waals surface area contributed by atoms with E-state index in [0.717, 1.165) is 28.1 Å². The van der Waals surface area contributed by atoms with E-state index >= 15 is 0 Å². The molecule has 10 rings (SSSR count). The monoisotopic (exact) mass is 596 g/mol. The number of para-hydroxylation sites is 1. The number of rotatable bonds is 4. The average molecular weight is 597 g/mol. The molecule has 0 fully saturated rings. The molecule has 0 aliphatic rings. The molecule has 0 unspecified atom stereocenters. The van der Waals surface area contributed by atoms with Crippen molar-refractivity contribution in [1.82, 2.24) is 9.55 Å². The summed E-state index contributed by atoms with van der Waals surface area (Å²) < 4.78 is 2.29. The van der Waals surface area contributed by atoms with E-state index in [4.69, 9.17) is 4.98 Å². The maximum atomic E-state index is 5.31. The first-order valence-corrected chi connectivity index (χ1v) is 16.1. The largest absolute Gasteiger partial charge is 0.292 e. The van der Waals surface area contributed by atoms with Crippen molar-refractivity contribution in [2.24, 2.45) is 0 Å². The molecule has 218 valence electrons. The Morgan fingerprint density at radius 1 is 0.383 bits per heavy atom. The van der Waals surface area contributed by atoms with Gasteiger partial charge in [0.15, 0.2) is 0 Å². The van der Waals surface area contributed by atoms with Crippen LogP contribution in [-0.4, -0.2) is 9.55 Å². The molecule has 0 bridgehead atoms. The molecule has 2 nitrogen and oxygen atoms in total. The van der Waals surface area contributed by atoms with Gasteiger partial charge in [-0.15, -0.1) is 0 Å². The molecule has 0 atom stereocenters. The summed E-state index contributed by atoms with van der Waals surface area (Å²) in [5, 5.41) is 10.3. The van der Waals surface area contributed by atoms with E-state index in [1.54, 1.807) is 0 Å². The third kappa shape index (κ3) is 4.09. The molecule has 0 N–H and O–H groups in total. The molecule has 0 spiro atoms. The van der Waals surface area contributed by atoms with Gasteiger partial charge in [-0.2, -0.15) is 0 Å². The summed E-state index contributed by atoms with van der Waals surface area (Å²) in [6.07, 6.45) is 0. The van der Waals surface area contributed by atoms with Crippen molar-refractivity contribution in [3.8, 4) is 39.3 Å². The van der Waals surface area contributed by atoms with Crippen LogP contribution in [0.1, 0.15) is 0 Å². The Morgan fingerprint density at radius 2 is 1.00 bits per heavy atom.